The van der Waals surface area contributed by atoms with E-state index in [1.807, 2.05) is 0 Å². The Bertz CT molecular complexity index is 582. The number of carbonyl (C=O) groups excluding carboxylic acids is 1. The van der Waals surface area contributed by atoms with E-state index in [-0.39, 0.29) is 6.42 Å². The van der Waals surface area contributed by atoms with Gasteiger partial charge in [-0.3, -0.25) is 4.57 Å². The van der Waals surface area contributed by atoms with Crippen LogP contribution in [0.2, 0.25) is 5.02 Å². The van der Waals surface area contributed by atoms with Gasteiger partial charge in [-0.25, -0.2) is 4.79 Å². The summed E-state index contributed by atoms with van der Waals surface area (Å²) in [4.78, 5) is 21.7. The maximum Gasteiger partial charge on any atom is 0.419 e. The second-order valence-electron chi connectivity index (χ2n) is 3.21. The molecule has 78 valence electrons. The van der Waals surface area contributed by atoms with E-state index in [0.717, 1.165) is 6.29 Å². The van der Waals surface area contributed by atoms with Gasteiger partial charge in [0.25, 0.3) is 0 Å². The minimum absolute atomic E-state index is 0.185. The number of hydrogen-bond donors (Lipinski definition) is 0. The first-order chi connectivity index (χ1) is 7.13. The molecule has 2 aromatic rings. The molecule has 0 aliphatic rings. The first-order valence-corrected chi connectivity index (χ1v) is 4.73. The zero-order valence-electron chi connectivity index (χ0n) is 7.99. The lowest BCUT2D eigenvalue weighted by molar-refractivity contribution is -0.107. The summed E-state index contributed by atoms with van der Waals surface area (Å²) in [5, 5.41) is 0.482. The number of carbonyl (C=O) groups is 1. The third-order valence-corrected chi connectivity index (χ3v) is 2.46. The molecular weight excluding hydrogens is 218 g/mol. The van der Waals surface area contributed by atoms with Crippen molar-refractivity contribution in [2.75, 3.05) is 0 Å². The van der Waals surface area contributed by atoms with Gasteiger partial charge in [0, 0.05) is 24.1 Å². The fourth-order valence-corrected chi connectivity index (χ4v) is 1.73. The molecule has 1 heterocycles. The molecule has 15 heavy (non-hydrogen) atoms. The van der Waals surface area contributed by atoms with E-state index in [9.17, 15) is 9.59 Å². The molecule has 0 aliphatic heterocycles. The highest BCUT2D eigenvalue weighted by Gasteiger charge is 2.11. The number of hydrogen-bond acceptors (Lipinski definition) is 3. The van der Waals surface area contributed by atoms with Crippen molar-refractivity contribution >= 4 is 29.0 Å². The van der Waals surface area contributed by atoms with Crippen molar-refractivity contribution in [3.8, 4) is 0 Å². The van der Waals surface area contributed by atoms with Crippen LogP contribution in [0.5, 0.6) is 0 Å². The molecule has 0 aliphatic carbocycles. The number of aldehydes is 1. The van der Waals surface area contributed by atoms with Gasteiger partial charge in [-0.1, -0.05) is 11.6 Å². The summed E-state index contributed by atoms with van der Waals surface area (Å²) in [6, 6.07) is 3.26. The highest BCUT2D eigenvalue weighted by atomic mass is 35.5. The van der Waals surface area contributed by atoms with Crippen LogP contribution >= 0.6 is 11.6 Å². The predicted molar refractivity (Wildman–Crippen MR) is 56.2 cm³/mol. The Morgan fingerprint density at radius 3 is 2.93 bits per heavy atom. The van der Waals surface area contributed by atoms with Crippen molar-refractivity contribution in [3.05, 3.63) is 33.3 Å². The lowest BCUT2D eigenvalue weighted by atomic mass is 10.1. The van der Waals surface area contributed by atoms with Gasteiger partial charge in [0.1, 0.15) is 6.29 Å². The Morgan fingerprint density at radius 1 is 1.53 bits per heavy atom. The first-order valence-electron chi connectivity index (χ1n) is 4.35. The van der Waals surface area contributed by atoms with E-state index in [1.165, 1.54) is 4.57 Å². The fourth-order valence-electron chi connectivity index (χ4n) is 1.50. The minimum atomic E-state index is -0.459. The van der Waals surface area contributed by atoms with Crippen LogP contribution in [-0.4, -0.2) is 10.9 Å². The average molecular weight is 226 g/mol. The highest BCUT2D eigenvalue weighted by Crippen LogP contribution is 2.23. The highest BCUT2D eigenvalue weighted by molar-refractivity contribution is 6.31. The topological polar surface area (TPSA) is 52.2 Å². The number of aryl methyl sites for hydroxylation is 1. The third kappa shape index (κ3) is 1.57. The molecule has 0 saturated carbocycles. The molecule has 0 spiro atoms. The predicted octanol–water partition coefficient (Wildman–Crippen LogP) is 1.53. The van der Waals surface area contributed by atoms with Gasteiger partial charge in [0.2, 0.25) is 0 Å². The van der Waals surface area contributed by atoms with Crippen molar-refractivity contribution in [2.45, 2.75) is 6.42 Å². The van der Waals surface area contributed by atoms with Gasteiger partial charge in [0.05, 0.1) is 5.52 Å². The van der Waals surface area contributed by atoms with Crippen LogP contribution < -0.4 is 5.76 Å². The molecule has 1 aromatic carbocycles. The molecule has 5 heteroatoms. The molecule has 2 rings (SSSR count). The Hall–Kier alpha value is -1.55. The van der Waals surface area contributed by atoms with Crippen LogP contribution in [0, 0.1) is 0 Å². The number of benzene rings is 1. The molecule has 0 atom stereocenters. The molecule has 0 N–H and O–H groups in total. The van der Waals surface area contributed by atoms with Gasteiger partial charge >= 0.3 is 5.76 Å². The summed E-state index contributed by atoms with van der Waals surface area (Å²) in [5.74, 6) is -0.459. The smallest absolute Gasteiger partial charge is 0.407 e. The number of oxazole rings is 1. The lowest BCUT2D eigenvalue weighted by Gasteiger charge is -1.98. The van der Waals surface area contributed by atoms with Crippen molar-refractivity contribution in [1.29, 1.82) is 0 Å². The second-order valence-corrected chi connectivity index (χ2v) is 3.65. The summed E-state index contributed by atoms with van der Waals surface area (Å²) in [7, 11) is 1.59. The molecule has 0 fully saturated rings. The van der Waals surface area contributed by atoms with E-state index in [1.54, 1.807) is 19.2 Å². The number of fused-ring (bicyclic) bond motifs is 1. The standard InChI is InChI=1S/C10H8ClNO3/c1-12-8-5-7(11)4-6(2-3-13)9(8)15-10(12)14/h3-5H,2H2,1H3. The van der Waals surface area contributed by atoms with E-state index >= 15 is 0 Å². The monoisotopic (exact) mass is 225 g/mol. The van der Waals surface area contributed by atoms with E-state index in [4.69, 9.17) is 16.0 Å². The van der Waals surface area contributed by atoms with Crippen molar-refractivity contribution in [2.24, 2.45) is 7.05 Å². The Morgan fingerprint density at radius 2 is 2.27 bits per heavy atom. The molecule has 0 saturated heterocycles. The van der Waals surface area contributed by atoms with Gasteiger partial charge in [-0.2, -0.15) is 0 Å². The largest absolute Gasteiger partial charge is 0.419 e. The SMILES string of the molecule is Cn1c(=O)oc2c(CC=O)cc(Cl)cc21. The molecule has 0 radical (unpaired) electrons. The van der Waals surface area contributed by atoms with E-state index in [0.29, 0.717) is 21.7 Å². The zero-order chi connectivity index (χ0) is 11.0. The first kappa shape index (κ1) is 9.98. The van der Waals surface area contributed by atoms with Crippen LogP contribution in [0.15, 0.2) is 21.3 Å². The van der Waals surface area contributed by atoms with Gasteiger partial charge in [-0.15, -0.1) is 0 Å². The molecule has 0 bridgehead atoms. The number of rotatable bonds is 2. The second kappa shape index (κ2) is 3.55. The summed E-state index contributed by atoms with van der Waals surface area (Å²) < 4.78 is 6.38. The van der Waals surface area contributed by atoms with Gasteiger partial charge in [0.15, 0.2) is 5.58 Å². The summed E-state index contributed by atoms with van der Waals surface area (Å²) in [5.41, 5.74) is 1.66. The molecule has 1 aromatic heterocycles. The maximum absolute atomic E-state index is 11.3. The van der Waals surface area contributed by atoms with Crippen LogP contribution in [0.25, 0.3) is 11.1 Å². The van der Waals surface area contributed by atoms with Crippen LogP contribution in [0.4, 0.5) is 0 Å². The van der Waals surface area contributed by atoms with Gasteiger partial charge in [-0.05, 0) is 12.1 Å². The summed E-state index contributed by atoms with van der Waals surface area (Å²) >= 11 is 5.87. The number of aromatic nitrogens is 1. The van der Waals surface area contributed by atoms with Crippen molar-refractivity contribution in [1.82, 2.24) is 4.57 Å². The zero-order valence-corrected chi connectivity index (χ0v) is 8.75. The summed E-state index contributed by atoms with van der Waals surface area (Å²) in [6.07, 6.45) is 0.933. The van der Waals surface area contributed by atoms with Crippen molar-refractivity contribution < 1.29 is 9.21 Å². The average Bonchev–Trinajstić information content (AvgIpc) is 2.46. The fraction of sp³-hybridized carbons (Fsp3) is 0.200. The number of halogens is 1. The van der Waals surface area contributed by atoms with Crippen LogP contribution in [0.3, 0.4) is 0 Å². The molecule has 0 amide bonds. The quantitative estimate of drug-likeness (QED) is 0.729. The Balaban J connectivity index is 2.85. The van der Waals surface area contributed by atoms with Gasteiger partial charge < -0.3 is 9.21 Å². The third-order valence-electron chi connectivity index (χ3n) is 2.24. The van der Waals surface area contributed by atoms with Crippen LogP contribution in [0.1, 0.15) is 5.56 Å². The minimum Gasteiger partial charge on any atom is -0.407 e. The normalized spacial score (nSPS) is 10.8. The molecule has 0 unspecified atom stereocenters. The van der Waals surface area contributed by atoms with E-state index in [2.05, 4.69) is 0 Å². The maximum atomic E-state index is 11.3. The molecule has 4 nitrogen and oxygen atoms in total. The summed E-state index contributed by atoms with van der Waals surface area (Å²) in [6.45, 7) is 0. The molecular formula is C10H8ClNO3. The van der Waals surface area contributed by atoms with Crippen molar-refractivity contribution in [3.63, 3.8) is 0 Å². The Labute approximate surface area is 90.1 Å². The number of nitrogens with zero attached hydrogens (tertiary/aromatic N) is 1. The Kier molecular flexibility index (Phi) is 2.36. The van der Waals surface area contributed by atoms with Crippen LogP contribution in [-0.2, 0) is 18.3 Å². The van der Waals surface area contributed by atoms with E-state index < -0.39 is 5.76 Å². The lowest BCUT2D eigenvalue weighted by Crippen LogP contribution is -2.08.